The number of carboxylic acids is 1. The van der Waals surface area contributed by atoms with E-state index in [1.54, 1.807) is 12.1 Å². The molecule has 0 amide bonds. The van der Waals surface area contributed by atoms with Crippen LogP contribution < -0.4 is 0 Å². The predicted octanol–water partition coefficient (Wildman–Crippen LogP) is 4.39. The molecule has 7 nitrogen and oxygen atoms in total. The molecule has 11 heteroatoms. The van der Waals surface area contributed by atoms with E-state index in [2.05, 4.69) is 15.1 Å². The standard InChI is InChI=1S/C25H20F4N4O3/c1-32-30-17-11-15(10-16(25(34)35)24(17)31-32)19-22(28)20(26)18(21(27)23(19)29)14-4-2-3-13(9-14)12-33-5-7-36-8-6-33/h2-4,9-11H,5-8,12H2,1H3,(H,34,35). The second-order valence-electron chi connectivity index (χ2n) is 8.48. The number of carboxylic acid groups (broad SMARTS) is 1. The Hall–Kier alpha value is -3.83. The molecule has 0 saturated carbocycles. The third-order valence-corrected chi connectivity index (χ3v) is 6.09. The SMILES string of the molecule is Cn1nc2cc(-c3c(F)c(F)c(-c4cccc(CN5CCOCC5)c4)c(F)c3F)cc(C(=O)O)c2n1. The summed E-state index contributed by atoms with van der Waals surface area (Å²) in [5.74, 6) is -7.87. The van der Waals surface area contributed by atoms with Crippen LogP contribution in [0.2, 0.25) is 0 Å². The summed E-state index contributed by atoms with van der Waals surface area (Å²) in [6.45, 7) is 3.02. The molecule has 5 rings (SSSR count). The number of aryl methyl sites for hydroxylation is 1. The number of ether oxygens (including phenoxy) is 1. The van der Waals surface area contributed by atoms with Crippen molar-refractivity contribution in [1.82, 2.24) is 19.9 Å². The molecule has 0 spiro atoms. The number of benzene rings is 3. The highest BCUT2D eigenvalue weighted by Gasteiger charge is 2.29. The molecular weight excluding hydrogens is 480 g/mol. The van der Waals surface area contributed by atoms with E-state index in [1.165, 1.54) is 19.2 Å². The van der Waals surface area contributed by atoms with E-state index in [0.717, 1.165) is 22.5 Å². The normalized spacial score (nSPS) is 14.5. The lowest BCUT2D eigenvalue weighted by molar-refractivity contribution is 0.0342. The zero-order chi connectivity index (χ0) is 25.6. The van der Waals surface area contributed by atoms with Gasteiger partial charge in [0.1, 0.15) is 11.0 Å². The molecule has 186 valence electrons. The maximum atomic E-state index is 15.3. The van der Waals surface area contributed by atoms with E-state index in [0.29, 0.717) is 32.8 Å². The average Bonchev–Trinajstić information content (AvgIpc) is 3.23. The molecule has 2 heterocycles. The summed E-state index contributed by atoms with van der Waals surface area (Å²) < 4.78 is 66.5. The number of rotatable bonds is 5. The second-order valence-corrected chi connectivity index (χ2v) is 8.48. The van der Waals surface area contributed by atoms with Gasteiger partial charge in [-0.15, -0.1) is 0 Å². The van der Waals surface area contributed by atoms with Gasteiger partial charge in [-0.3, -0.25) is 4.90 Å². The van der Waals surface area contributed by atoms with Crippen molar-refractivity contribution in [3.63, 3.8) is 0 Å². The number of carbonyl (C=O) groups is 1. The molecule has 0 bridgehead atoms. The van der Waals surface area contributed by atoms with Crippen molar-refractivity contribution in [3.8, 4) is 22.3 Å². The number of morpholine rings is 1. The van der Waals surface area contributed by atoms with Gasteiger partial charge in [-0.2, -0.15) is 15.0 Å². The molecule has 1 saturated heterocycles. The third-order valence-electron chi connectivity index (χ3n) is 6.09. The lowest BCUT2D eigenvalue weighted by Gasteiger charge is -2.26. The fourth-order valence-electron chi connectivity index (χ4n) is 4.41. The molecule has 0 radical (unpaired) electrons. The number of aromatic carboxylic acids is 1. The lowest BCUT2D eigenvalue weighted by Crippen LogP contribution is -2.35. The van der Waals surface area contributed by atoms with Gasteiger partial charge in [0.05, 0.1) is 29.9 Å². The molecule has 4 aromatic rings. The summed E-state index contributed by atoms with van der Waals surface area (Å²) in [7, 11) is 1.44. The minimum Gasteiger partial charge on any atom is -0.478 e. The van der Waals surface area contributed by atoms with Crippen LogP contribution in [0.25, 0.3) is 33.3 Å². The maximum absolute atomic E-state index is 15.3. The topological polar surface area (TPSA) is 80.5 Å². The number of aromatic nitrogens is 3. The van der Waals surface area contributed by atoms with Gasteiger partial charge >= 0.3 is 5.97 Å². The van der Waals surface area contributed by atoms with Gasteiger partial charge in [-0.1, -0.05) is 18.2 Å². The lowest BCUT2D eigenvalue weighted by atomic mass is 9.95. The van der Waals surface area contributed by atoms with Crippen molar-refractivity contribution in [3.05, 3.63) is 70.8 Å². The molecule has 1 aromatic heterocycles. The van der Waals surface area contributed by atoms with Gasteiger partial charge in [0.2, 0.25) is 0 Å². The molecular formula is C25H20F4N4O3. The van der Waals surface area contributed by atoms with Gasteiger partial charge in [-0.25, -0.2) is 22.4 Å². The van der Waals surface area contributed by atoms with E-state index in [-0.39, 0.29) is 22.2 Å². The molecule has 3 aromatic carbocycles. The first-order chi connectivity index (χ1) is 17.2. The molecule has 1 N–H and O–H groups in total. The van der Waals surface area contributed by atoms with Crippen LogP contribution >= 0.6 is 0 Å². The van der Waals surface area contributed by atoms with E-state index in [1.807, 2.05) is 0 Å². The van der Waals surface area contributed by atoms with Crippen molar-refractivity contribution in [1.29, 1.82) is 0 Å². The van der Waals surface area contributed by atoms with Crippen LogP contribution in [0.1, 0.15) is 15.9 Å². The van der Waals surface area contributed by atoms with Gasteiger partial charge in [0, 0.05) is 26.7 Å². The number of halogens is 4. The fourth-order valence-corrected chi connectivity index (χ4v) is 4.41. The molecule has 0 unspecified atom stereocenters. The van der Waals surface area contributed by atoms with Gasteiger partial charge in [-0.05, 0) is 34.9 Å². The molecule has 1 fully saturated rings. The Morgan fingerprint density at radius 1 is 0.944 bits per heavy atom. The van der Waals surface area contributed by atoms with Crippen molar-refractivity contribution in [2.45, 2.75) is 6.54 Å². The van der Waals surface area contributed by atoms with Gasteiger partial charge < -0.3 is 9.84 Å². The molecule has 1 aliphatic heterocycles. The average molecular weight is 500 g/mol. The van der Waals surface area contributed by atoms with Crippen LogP contribution in [0.4, 0.5) is 17.6 Å². The minimum absolute atomic E-state index is 0.00640. The number of nitrogens with zero attached hydrogens (tertiary/aromatic N) is 4. The highest BCUT2D eigenvalue weighted by atomic mass is 19.2. The molecule has 0 aliphatic carbocycles. The first-order valence-electron chi connectivity index (χ1n) is 11.1. The first-order valence-corrected chi connectivity index (χ1v) is 11.1. The predicted molar refractivity (Wildman–Crippen MR) is 122 cm³/mol. The Morgan fingerprint density at radius 3 is 2.22 bits per heavy atom. The molecule has 0 atom stereocenters. The summed E-state index contributed by atoms with van der Waals surface area (Å²) in [5, 5.41) is 17.4. The smallest absolute Gasteiger partial charge is 0.338 e. The Morgan fingerprint density at radius 2 is 1.58 bits per heavy atom. The minimum atomic E-state index is -1.64. The monoisotopic (exact) mass is 500 g/mol. The summed E-state index contributed by atoms with van der Waals surface area (Å²) in [5.41, 5.74) is -1.95. The summed E-state index contributed by atoms with van der Waals surface area (Å²) >= 11 is 0. The van der Waals surface area contributed by atoms with E-state index in [9.17, 15) is 9.90 Å². The Labute approximate surface area is 202 Å². The second kappa shape index (κ2) is 9.32. The zero-order valence-corrected chi connectivity index (χ0v) is 19.1. The van der Waals surface area contributed by atoms with Crippen molar-refractivity contribution >= 4 is 17.0 Å². The largest absolute Gasteiger partial charge is 0.478 e. The van der Waals surface area contributed by atoms with E-state index < -0.39 is 45.9 Å². The van der Waals surface area contributed by atoms with Crippen LogP contribution in [0.3, 0.4) is 0 Å². The van der Waals surface area contributed by atoms with Crippen molar-refractivity contribution < 1.29 is 32.2 Å². The van der Waals surface area contributed by atoms with Crippen molar-refractivity contribution in [2.24, 2.45) is 7.05 Å². The third kappa shape index (κ3) is 4.20. The van der Waals surface area contributed by atoms with E-state index >= 15 is 17.6 Å². The number of hydrogen-bond acceptors (Lipinski definition) is 5. The highest BCUT2D eigenvalue weighted by molar-refractivity contribution is 6.03. The Balaban J connectivity index is 1.61. The highest BCUT2D eigenvalue weighted by Crippen LogP contribution is 2.38. The van der Waals surface area contributed by atoms with Crippen LogP contribution in [-0.4, -0.2) is 57.3 Å². The number of hydrogen-bond donors (Lipinski definition) is 1. The first kappa shape index (κ1) is 23.9. The Kier molecular flexibility index (Phi) is 6.19. The molecule has 36 heavy (non-hydrogen) atoms. The molecule has 1 aliphatic rings. The summed E-state index contributed by atoms with van der Waals surface area (Å²) in [6, 6.07) is 8.25. The fraction of sp³-hybridized carbons (Fsp3) is 0.240. The van der Waals surface area contributed by atoms with Crippen LogP contribution in [-0.2, 0) is 18.3 Å². The van der Waals surface area contributed by atoms with Crippen LogP contribution in [0.15, 0.2) is 36.4 Å². The summed E-state index contributed by atoms with van der Waals surface area (Å²) in [4.78, 5) is 14.9. The van der Waals surface area contributed by atoms with Crippen LogP contribution in [0.5, 0.6) is 0 Å². The number of fused-ring (bicyclic) bond motifs is 1. The quantitative estimate of drug-likeness (QED) is 0.324. The van der Waals surface area contributed by atoms with E-state index in [4.69, 9.17) is 4.74 Å². The van der Waals surface area contributed by atoms with Gasteiger partial charge in [0.25, 0.3) is 0 Å². The Bertz CT molecular complexity index is 1470. The van der Waals surface area contributed by atoms with Crippen molar-refractivity contribution in [2.75, 3.05) is 26.3 Å². The van der Waals surface area contributed by atoms with Crippen LogP contribution in [0, 0.1) is 23.3 Å². The maximum Gasteiger partial charge on any atom is 0.338 e. The zero-order valence-electron chi connectivity index (χ0n) is 19.1. The summed E-state index contributed by atoms with van der Waals surface area (Å²) in [6.07, 6.45) is 0. The van der Waals surface area contributed by atoms with Gasteiger partial charge in [0.15, 0.2) is 23.3 Å².